The second-order valence-electron chi connectivity index (χ2n) is 17.4. The van der Waals surface area contributed by atoms with E-state index in [2.05, 4.69) is 275 Å². The maximum atomic E-state index is 2.43. The number of para-hydroxylation sites is 2. The Bertz CT molecular complexity index is 4000. The lowest BCUT2D eigenvalue weighted by Crippen LogP contribution is -2.13. The minimum atomic E-state index is 1.06. The van der Waals surface area contributed by atoms with Crippen molar-refractivity contribution in [1.29, 1.82) is 0 Å². The first-order valence-electron chi connectivity index (χ1n) is 23.2. The molecule has 2 aromatic heterocycles. The second kappa shape index (κ2) is 16.6. The fraction of sp³-hybridized carbons (Fsp3) is 0. The molecule has 0 N–H and O–H groups in total. The van der Waals surface area contributed by atoms with Gasteiger partial charge in [0, 0.05) is 70.8 Å². The van der Waals surface area contributed by atoms with Gasteiger partial charge in [-0.3, -0.25) is 0 Å². The lowest BCUT2D eigenvalue weighted by atomic mass is 10.0. The Morgan fingerprint density at radius 2 is 0.809 bits per heavy atom. The lowest BCUT2D eigenvalue weighted by molar-refractivity contribution is 1.18. The number of hydrogen-bond acceptors (Lipinski definition) is 3. The van der Waals surface area contributed by atoms with Crippen LogP contribution in [0.5, 0.6) is 0 Å². The number of aromatic nitrogens is 1. The highest BCUT2D eigenvalue weighted by Crippen LogP contribution is 2.45. The predicted octanol–water partition coefficient (Wildman–Crippen LogP) is 18.6. The number of fused-ring (bicyclic) bond motifs is 7. The highest BCUT2D eigenvalue weighted by molar-refractivity contribution is 7.25. The highest BCUT2D eigenvalue weighted by Gasteiger charge is 2.20. The summed E-state index contributed by atoms with van der Waals surface area (Å²) in [6, 6.07) is 95.1. The molecule has 0 saturated carbocycles. The molecule has 0 aliphatic heterocycles. The van der Waals surface area contributed by atoms with Crippen molar-refractivity contribution in [3.63, 3.8) is 0 Å². The second-order valence-corrected chi connectivity index (χ2v) is 18.5. The van der Waals surface area contributed by atoms with E-state index in [1.807, 2.05) is 11.3 Å². The van der Waals surface area contributed by atoms with Gasteiger partial charge in [0.15, 0.2) is 0 Å². The summed E-state index contributed by atoms with van der Waals surface area (Å²) in [5, 5.41) is 7.44. The molecular formula is C64H43N3S. The summed E-state index contributed by atoms with van der Waals surface area (Å²) in [6.07, 6.45) is 0. The van der Waals surface area contributed by atoms with Crippen molar-refractivity contribution in [3.05, 3.63) is 261 Å². The number of hydrogen-bond donors (Lipinski definition) is 0. The van der Waals surface area contributed by atoms with Crippen LogP contribution in [0.15, 0.2) is 261 Å². The molecule has 13 aromatic rings. The van der Waals surface area contributed by atoms with Crippen LogP contribution in [-0.2, 0) is 0 Å². The summed E-state index contributed by atoms with van der Waals surface area (Å²) in [4.78, 5) is 4.79. The summed E-state index contributed by atoms with van der Waals surface area (Å²) in [6.45, 7) is 0. The van der Waals surface area contributed by atoms with Gasteiger partial charge in [-0.2, -0.15) is 0 Å². The average Bonchev–Trinajstić information content (AvgIpc) is 3.95. The molecule has 68 heavy (non-hydrogen) atoms. The van der Waals surface area contributed by atoms with E-state index >= 15 is 0 Å². The summed E-state index contributed by atoms with van der Waals surface area (Å²) in [5.74, 6) is 0. The van der Waals surface area contributed by atoms with Crippen molar-refractivity contribution in [1.82, 2.24) is 4.57 Å². The zero-order chi connectivity index (χ0) is 45.0. The summed E-state index contributed by atoms with van der Waals surface area (Å²) >= 11 is 1.85. The van der Waals surface area contributed by atoms with Gasteiger partial charge in [-0.25, -0.2) is 0 Å². The topological polar surface area (TPSA) is 11.4 Å². The first-order valence-corrected chi connectivity index (χ1v) is 24.0. The Morgan fingerprint density at radius 3 is 1.65 bits per heavy atom. The Hall–Kier alpha value is -8.70. The van der Waals surface area contributed by atoms with Crippen molar-refractivity contribution in [3.8, 4) is 27.9 Å². The van der Waals surface area contributed by atoms with Gasteiger partial charge in [0.1, 0.15) is 0 Å². The predicted molar refractivity (Wildman–Crippen MR) is 291 cm³/mol. The van der Waals surface area contributed by atoms with Gasteiger partial charge in [-0.05, 0) is 136 Å². The molecule has 0 aliphatic rings. The molecular weight excluding hydrogens is 843 g/mol. The van der Waals surface area contributed by atoms with Crippen LogP contribution in [0.25, 0.3) is 80.7 Å². The maximum Gasteiger partial charge on any atom is 0.0547 e. The molecule has 0 saturated heterocycles. The molecule has 0 spiro atoms. The van der Waals surface area contributed by atoms with E-state index in [-0.39, 0.29) is 0 Å². The van der Waals surface area contributed by atoms with Gasteiger partial charge >= 0.3 is 0 Å². The quantitative estimate of drug-likeness (QED) is 0.143. The first kappa shape index (κ1) is 39.6. The van der Waals surface area contributed by atoms with Crippen LogP contribution in [0.2, 0.25) is 0 Å². The van der Waals surface area contributed by atoms with E-state index in [9.17, 15) is 0 Å². The van der Waals surface area contributed by atoms with Gasteiger partial charge in [0.2, 0.25) is 0 Å². The van der Waals surface area contributed by atoms with Crippen molar-refractivity contribution >= 4 is 98.2 Å². The molecule has 11 aromatic carbocycles. The minimum absolute atomic E-state index is 1.06. The Kier molecular flexibility index (Phi) is 9.69. The van der Waals surface area contributed by atoms with Crippen LogP contribution in [0.1, 0.15) is 0 Å². The Labute approximate surface area is 399 Å². The van der Waals surface area contributed by atoms with Crippen LogP contribution in [0, 0.1) is 0 Å². The van der Waals surface area contributed by atoms with Gasteiger partial charge in [-0.1, -0.05) is 158 Å². The van der Waals surface area contributed by atoms with Crippen LogP contribution in [-0.4, -0.2) is 4.57 Å². The monoisotopic (exact) mass is 885 g/mol. The normalized spacial score (nSPS) is 11.5. The molecule has 2 heterocycles. The van der Waals surface area contributed by atoms with Gasteiger partial charge in [0.25, 0.3) is 0 Å². The van der Waals surface area contributed by atoms with E-state index in [1.54, 1.807) is 0 Å². The molecule has 3 nitrogen and oxygen atoms in total. The molecule has 0 atom stereocenters. The molecule has 0 fully saturated rings. The van der Waals surface area contributed by atoms with Crippen LogP contribution < -0.4 is 9.80 Å². The fourth-order valence-corrected chi connectivity index (χ4v) is 11.2. The zero-order valence-corrected chi connectivity index (χ0v) is 37.9. The average molecular weight is 886 g/mol. The highest BCUT2D eigenvalue weighted by atomic mass is 32.1. The van der Waals surface area contributed by atoms with Gasteiger partial charge in [-0.15, -0.1) is 11.3 Å². The van der Waals surface area contributed by atoms with E-state index in [1.165, 1.54) is 63.9 Å². The van der Waals surface area contributed by atoms with Crippen molar-refractivity contribution in [2.24, 2.45) is 0 Å². The zero-order valence-electron chi connectivity index (χ0n) is 37.1. The van der Waals surface area contributed by atoms with Crippen molar-refractivity contribution in [2.45, 2.75) is 0 Å². The van der Waals surface area contributed by atoms with E-state index in [4.69, 9.17) is 0 Å². The number of benzene rings is 11. The van der Waals surface area contributed by atoms with Crippen molar-refractivity contribution in [2.75, 3.05) is 9.80 Å². The van der Waals surface area contributed by atoms with E-state index < -0.39 is 0 Å². The van der Waals surface area contributed by atoms with Crippen LogP contribution in [0.3, 0.4) is 0 Å². The standard InChI is InChI=1S/C64H43N3S/c1-3-16-44(17-4-1)47-20-13-25-52(38-47)67-61-30-11-9-28-57(61)58-36-33-49(41-62(58)67)48-21-14-24-51(40-48)66(56-35-37-64-60(43-56)59-29-10-12-31-63(59)68-64)54-27-15-26-53(42-54)65(50-22-5-2-6-23-50)55-34-32-45-18-7-8-19-46(45)39-55/h1-43H. The summed E-state index contributed by atoms with van der Waals surface area (Å²) in [7, 11) is 0. The maximum absolute atomic E-state index is 2.43. The third-order valence-corrected chi connectivity index (χ3v) is 14.4. The summed E-state index contributed by atoms with van der Waals surface area (Å²) < 4.78 is 5.00. The fourth-order valence-electron chi connectivity index (χ4n) is 10.1. The molecule has 4 heteroatoms. The lowest BCUT2D eigenvalue weighted by Gasteiger charge is -2.30. The third kappa shape index (κ3) is 6.98. The SMILES string of the molecule is c1ccc(-c2cccc(-n3c4ccccc4c4ccc(-c5cccc(N(c6cccc(N(c7ccccc7)c7ccc8ccccc8c7)c6)c6ccc7sc8ccccc8c7c6)c5)cc43)c2)cc1. The smallest absolute Gasteiger partial charge is 0.0547 e. The number of anilines is 6. The van der Waals surface area contributed by atoms with Crippen LogP contribution >= 0.6 is 11.3 Å². The minimum Gasteiger partial charge on any atom is -0.310 e. The molecule has 0 bridgehead atoms. The van der Waals surface area contributed by atoms with E-state index in [0.29, 0.717) is 0 Å². The molecule has 0 unspecified atom stereocenters. The number of thiophene rings is 1. The number of nitrogens with zero attached hydrogens (tertiary/aromatic N) is 3. The summed E-state index contributed by atoms with van der Waals surface area (Å²) in [5.41, 5.74) is 14.7. The van der Waals surface area contributed by atoms with Crippen molar-refractivity contribution < 1.29 is 0 Å². The number of rotatable bonds is 9. The largest absolute Gasteiger partial charge is 0.310 e. The molecule has 0 aliphatic carbocycles. The van der Waals surface area contributed by atoms with E-state index in [0.717, 1.165) is 50.9 Å². The third-order valence-electron chi connectivity index (χ3n) is 13.3. The molecule has 13 rings (SSSR count). The molecule has 0 amide bonds. The van der Waals surface area contributed by atoms with Gasteiger partial charge < -0.3 is 14.4 Å². The van der Waals surface area contributed by atoms with Gasteiger partial charge in [0.05, 0.1) is 11.0 Å². The Morgan fingerprint density at radius 1 is 0.265 bits per heavy atom. The first-order chi connectivity index (χ1) is 33.7. The molecule has 0 radical (unpaired) electrons. The van der Waals surface area contributed by atoms with Crippen LogP contribution in [0.4, 0.5) is 34.1 Å². The molecule has 320 valence electrons. The Balaban J connectivity index is 0.975.